The molecule has 0 saturated carbocycles. The highest BCUT2D eigenvalue weighted by Gasteiger charge is 2.03. The fourth-order valence-corrected chi connectivity index (χ4v) is 1.79. The molecule has 2 aromatic carbocycles. The van der Waals surface area contributed by atoms with E-state index in [1.807, 2.05) is 43.3 Å². The molecular weight excluding hydrogens is 266 g/mol. The third-order valence-electron chi connectivity index (χ3n) is 2.82. The third-order valence-corrected chi connectivity index (χ3v) is 2.82. The van der Waals surface area contributed by atoms with E-state index in [1.165, 1.54) is 7.11 Å². The lowest BCUT2D eigenvalue weighted by Gasteiger charge is -2.03. The summed E-state index contributed by atoms with van der Waals surface area (Å²) in [4.78, 5) is 15.7. The number of ether oxygens (including phenoxy) is 2. The van der Waals surface area contributed by atoms with Gasteiger partial charge in [-0.25, -0.2) is 4.79 Å². The van der Waals surface area contributed by atoms with Crippen LogP contribution in [0.3, 0.4) is 0 Å². The van der Waals surface area contributed by atoms with Crippen LogP contribution >= 0.6 is 0 Å². The Labute approximate surface area is 124 Å². The van der Waals surface area contributed by atoms with E-state index in [2.05, 4.69) is 9.73 Å². The summed E-state index contributed by atoms with van der Waals surface area (Å²) in [6.45, 7) is 2.57. The Hall–Kier alpha value is -2.62. The monoisotopic (exact) mass is 283 g/mol. The summed E-state index contributed by atoms with van der Waals surface area (Å²) in [5.74, 6) is 0.455. The second-order valence-electron chi connectivity index (χ2n) is 4.30. The Balaban J connectivity index is 2.10. The van der Waals surface area contributed by atoms with Crippen LogP contribution in [0, 0.1) is 0 Å². The number of hydrogen-bond donors (Lipinski definition) is 0. The van der Waals surface area contributed by atoms with E-state index in [-0.39, 0.29) is 5.97 Å². The van der Waals surface area contributed by atoms with Crippen molar-refractivity contribution >= 4 is 17.9 Å². The molecule has 2 rings (SSSR count). The first kappa shape index (κ1) is 14.8. The molecule has 0 unspecified atom stereocenters. The lowest BCUT2D eigenvalue weighted by molar-refractivity contribution is 0.0600. The normalized spacial score (nSPS) is 10.6. The summed E-state index contributed by atoms with van der Waals surface area (Å²) >= 11 is 0. The molecule has 0 spiro atoms. The van der Waals surface area contributed by atoms with Crippen LogP contribution in [0.1, 0.15) is 22.8 Å². The molecule has 4 nitrogen and oxygen atoms in total. The Bertz CT molecular complexity index is 633. The van der Waals surface area contributed by atoms with E-state index in [9.17, 15) is 4.79 Å². The highest BCUT2D eigenvalue weighted by molar-refractivity contribution is 5.90. The van der Waals surface area contributed by atoms with Crippen molar-refractivity contribution in [2.24, 2.45) is 4.99 Å². The zero-order valence-electron chi connectivity index (χ0n) is 12.1. The summed E-state index contributed by atoms with van der Waals surface area (Å²) < 4.78 is 10.1. The standard InChI is InChI=1S/C17H17NO3/c1-3-21-16-6-4-5-15(11-16)18-12-13-7-9-14(10-8-13)17(19)20-2/h4-12H,3H2,1-2H3. The molecule has 0 bridgehead atoms. The molecule has 0 aliphatic carbocycles. The van der Waals surface area contributed by atoms with Gasteiger partial charge >= 0.3 is 5.97 Å². The second-order valence-corrected chi connectivity index (χ2v) is 4.30. The maximum atomic E-state index is 11.3. The van der Waals surface area contributed by atoms with Crippen molar-refractivity contribution in [1.82, 2.24) is 0 Å². The first-order valence-corrected chi connectivity index (χ1v) is 6.68. The van der Waals surface area contributed by atoms with Gasteiger partial charge in [0.15, 0.2) is 0 Å². The van der Waals surface area contributed by atoms with E-state index in [0.29, 0.717) is 12.2 Å². The molecule has 0 aliphatic rings. The molecule has 108 valence electrons. The first-order valence-electron chi connectivity index (χ1n) is 6.68. The highest BCUT2D eigenvalue weighted by Crippen LogP contribution is 2.19. The van der Waals surface area contributed by atoms with E-state index in [0.717, 1.165) is 17.0 Å². The van der Waals surface area contributed by atoms with E-state index >= 15 is 0 Å². The average Bonchev–Trinajstić information content (AvgIpc) is 2.53. The number of benzene rings is 2. The smallest absolute Gasteiger partial charge is 0.337 e. The van der Waals surface area contributed by atoms with E-state index in [1.54, 1.807) is 18.3 Å². The summed E-state index contributed by atoms with van der Waals surface area (Å²) in [5.41, 5.74) is 2.25. The summed E-state index contributed by atoms with van der Waals surface area (Å²) in [7, 11) is 1.36. The lowest BCUT2D eigenvalue weighted by atomic mass is 10.1. The highest BCUT2D eigenvalue weighted by atomic mass is 16.5. The molecule has 0 atom stereocenters. The van der Waals surface area contributed by atoms with Gasteiger partial charge in [0, 0.05) is 12.3 Å². The lowest BCUT2D eigenvalue weighted by Crippen LogP contribution is -2.00. The molecule has 4 heteroatoms. The Kier molecular flexibility index (Phi) is 5.10. The largest absolute Gasteiger partial charge is 0.494 e. The van der Waals surface area contributed by atoms with E-state index in [4.69, 9.17) is 4.74 Å². The Morgan fingerprint density at radius 2 is 1.95 bits per heavy atom. The molecule has 0 amide bonds. The number of carbonyl (C=O) groups excluding carboxylic acids is 1. The minimum absolute atomic E-state index is 0.345. The van der Waals surface area contributed by atoms with Crippen LogP contribution in [0.15, 0.2) is 53.5 Å². The maximum Gasteiger partial charge on any atom is 0.337 e. The molecule has 2 aromatic rings. The zero-order valence-corrected chi connectivity index (χ0v) is 12.1. The number of esters is 1. The van der Waals surface area contributed by atoms with Gasteiger partial charge in [-0.15, -0.1) is 0 Å². The molecule has 0 heterocycles. The Morgan fingerprint density at radius 3 is 2.62 bits per heavy atom. The number of nitrogens with zero attached hydrogens (tertiary/aromatic N) is 1. The van der Waals surface area contributed by atoms with Crippen LogP contribution < -0.4 is 4.74 Å². The number of hydrogen-bond acceptors (Lipinski definition) is 4. The number of carbonyl (C=O) groups is 1. The first-order chi connectivity index (χ1) is 10.2. The molecule has 21 heavy (non-hydrogen) atoms. The molecule has 0 fully saturated rings. The van der Waals surface area contributed by atoms with Crippen LogP contribution in [0.25, 0.3) is 0 Å². The fourth-order valence-electron chi connectivity index (χ4n) is 1.79. The average molecular weight is 283 g/mol. The quantitative estimate of drug-likeness (QED) is 0.622. The maximum absolute atomic E-state index is 11.3. The van der Waals surface area contributed by atoms with Crippen molar-refractivity contribution in [3.63, 3.8) is 0 Å². The topological polar surface area (TPSA) is 47.9 Å². The second kappa shape index (κ2) is 7.24. The SMILES string of the molecule is CCOc1cccc(N=Cc2ccc(C(=O)OC)cc2)c1. The van der Waals surface area contributed by atoms with Crippen molar-refractivity contribution < 1.29 is 14.3 Å². The van der Waals surface area contributed by atoms with Crippen molar-refractivity contribution in [3.8, 4) is 5.75 Å². The van der Waals surface area contributed by atoms with Gasteiger partial charge in [0.05, 0.1) is 25.0 Å². The summed E-state index contributed by atoms with van der Waals surface area (Å²) in [6, 6.07) is 14.6. The number of methoxy groups -OCH3 is 1. The Morgan fingerprint density at radius 1 is 1.19 bits per heavy atom. The number of rotatable bonds is 5. The van der Waals surface area contributed by atoms with Crippen molar-refractivity contribution in [1.29, 1.82) is 0 Å². The van der Waals surface area contributed by atoms with Crippen LogP contribution in [0.5, 0.6) is 5.75 Å². The van der Waals surface area contributed by atoms with Gasteiger partial charge in [-0.1, -0.05) is 18.2 Å². The molecule has 0 N–H and O–H groups in total. The van der Waals surface area contributed by atoms with Gasteiger partial charge in [0.1, 0.15) is 5.75 Å². The van der Waals surface area contributed by atoms with Crippen LogP contribution in [-0.2, 0) is 4.74 Å². The fraction of sp³-hybridized carbons (Fsp3) is 0.176. The van der Waals surface area contributed by atoms with Gasteiger partial charge in [-0.05, 0) is 36.8 Å². The summed E-state index contributed by atoms with van der Waals surface area (Å²) in [5, 5.41) is 0. The van der Waals surface area contributed by atoms with Gasteiger partial charge in [-0.2, -0.15) is 0 Å². The minimum Gasteiger partial charge on any atom is -0.494 e. The minimum atomic E-state index is -0.345. The molecule has 0 radical (unpaired) electrons. The summed E-state index contributed by atoms with van der Waals surface area (Å²) in [6.07, 6.45) is 1.74. The molecule has 0 aliphatic heterocycles. The molecular formula is C17H17NO3. The van der Waals surface area contributed by atoms with Gasteiger partial charge in [0.2, 0.25) is 0 Å². The van der Waals surface area contributed by atoms with Crippen molar-refractivity contribution in [3.05, 3.63) is 59.7 Å². The van der Waals surface area contributed by atoms with E-state index < -0.39 is 0 Å². The van der Waals surface area contributed by atoms with Gasteiger partial charge in [0.25, 0.3) is 0 Å². The van der Waals surface area contributed by atoms with Crippen LogP contribution in [0.4, 0.5) is 5.69 Å². The van der Waals surface area contributed by atoms with Crippen LogP contribution in [-0.4, -0.2) is 25.9 Å². The molecule has 0 saturated heterocycles. The predicted octanol–water partition coefficient (Wildman–Crippen LogP) is 3.62. The van der Waals surface area contributed by atoms with Gasteiger partial charge < -0.3 is 9.47 Å². The van der Waals surface area contributed by atoms with Crippen molar-refractivity contribution in [2.75, 3.05) is 13.7 Å². The third kappa shape index (κ3) is 4.18. The molecule has 0 aromatic heterocycles. The van der Waals surface area contributed by atoms with Gasteiger partial charge in [-0.3, -0.25) is 4.99 Å². The predicted molar refractivity (Wildman–Crippen MR) is 82.6 cm³/mol. The van der Waals surface area contributed by atoms with Crippen molar-refractivity contribution in [2.45, 2.75) is 6.92 Å². The van der Waals surface area contributed by atoms with Crippen LogP contribution in [0.2, 0.25) is 0 Å². The zero-order chi connectivity index (χ0) is 15.1. The number of aliphatic imine (C=N–C) groups is 1.